The van der Waals surface area contributed by atoms with Gasteiger partial charge in [-0.05, 0) is 5.56 Å². The van der Waals surface area contributed by atoms with E-state index in [-0.39, 0.29) is 0 Å². The van der Waals surface area contributed by atoms with Gasteiger partial charge in [0, 0.05) is 12.3 Å². The first-order chi connectivity index (χ1) is 6.45. The summed E-state index contributed by atoms with van der Waals surface area (Å²) in [7, 11) is 0. The Balaban J connectivity index is 1.79. The maximum atomic E-state index is 3.13. The molecule has 3 nitrogen and oxygen atoms in total. The van der Waals surface area contributed by atoms with E-state index in [4.69, 9.17) is 0 Å². The van der Waals surface area contributed by atoms with Gasteiger partial charge in [0.1, 0.15) is 0 Å². The Morgan fingerprint density at radius 2 is 2.15 bits per heavy atom. The fourth-order valence-electron chi connectivity index (χ4n) is 1.20. The largest absolute Gasteiger partial charge is 0.242 e. The van der Waals surface area contributed by atoms with Crippen LogP contribution in [0.3, 0.4) is 0 Å². The molecule has 0 amide bonds. The second kappa shape index (κ2) is 4.62. The van der Waals surface area contributed by atoms with Gasteiger partial charge in [-0.1, -0.05) is 30.3 Å². The molecule has 2 rings (SSSR count). The molecule has 0 spiro atoms. The van der Waals surface area contributed by atoms with Crippen molar-refractivity contribution < 1.29 is 0 Å². The first kappa shape index (κ1) is 9.02. The van der Waals surface area contributed by atoms with Crippen LogP contribution in [0.2, 0.25) is 0 Å². The van der Waals surface area contributed by atoms with Gasteiger partial charge in [0.05, 0.1) is 5.37 Å². The van der Waals surface area contributed by atoms with Crippen molar-refractivity contribution in [3.63, 3.8) is 0 Å². The summed E-state index contributed by atoms with van der Waals surface area (Å²) in [5.74, 6) is 1.06. The number of thioether (sulfide) groups is 1. The van der Waals surface area contributed by atoms with Gasteiger partial charge in [-0.3, -0.25) is 0 Å². The van der Waals surface area contributed by atoms with Gasteiger partial charge in [0.15, 0.2) is 0 Å². The summed E-state index contributed by atoms with van der Waals surface area (Å²) in [6.07, 6.45) is 0. The molecule has 0 aromatic heterocycles. The third kappa shape index (κ3) is 2.70. The van der Waals surface area contributed by atoms with E-state index in [1.165, 1.54) is 5.56 Å². The fraction of sp³-hybridized carbons (Fsp3) is 0.333. The van der Waals surface area contributed by atoms with Crippen molar-refractivity contribution in [2.45, 2.75) is 11.1 Å². The van der Waals surface area contributed by atoms with Gasteiger partial charge < -0.3 is 0 Å². The van der Waals surface area contributed by atoms with E-state index in [1.807, 2.05) is 17.8 Å². The summed E-state index contributed by atoms with van der Waals surface area (Å²) in [4.78, 5) is 0. The van der Waals surface area contributed by atoms with Crippen molar-refractivity contribution >= 4 is 11.8 Å². The number of hydrogen-bond donors (Lipinski definition) is 3. The lowest BCUT2D eigenvalue weighted by Crippen LogP contribution is -2.32. The van der Waals surface area contributed by atoms with Crippen molar-refractivity contribution in [3.8, 4) is 0 Å². The number of nitrogens with one attached hydrogen (secondary N) is 3. The molecule has 70 valence electrons. The van der Waals surface area contributed by atoms with Gasteiger partial charge in [0.25, 0.3) is 0 Å². The maximum Gasteiger partial charge on any atom is 0.0820 e. The molecule has 1 fully saturated rings. The molecule has 13 heavy (non-hydrogen) atoms. The topological polar surface area (TPSA) is 36.1 Å². The average Bonchev–Trinajstić information content (AvgIpc) is 2.69. The zero-order valence-corrected chi connectivity index (χ0v) is 8.10. The molecule has 1 aromatic carbocycles. The highest BCUT2D eigenvalue weighted by Crippen LogP contribution is 2.15. The SMILES string of the molecule is c1ccc(CSC2CNNN2)cc1. The van der Waals surface area contributed by atoms with Crippen LogP contribution in [0.15, 0.2) is 30.3 Å². The number of hydrogen-bond acceptors (Lipinski definition) is 4. The third-order valence-corrected chi connectivity index (χ3v) is 3.09. The minimum absolute atomic E-state index is 0.472. The molecule has 0 saturated carbocycles. The van der Waals surface area contributed by atoms with Crippen LogP contribution in [0.5, 0.6) is 0 Å². The summed E-state index contributed by atoms with van der Waals surface area (Å²) in [6, 6.07) is 10.5. The summed E-state index contributed by atoms with van der Waals surface area (Å²) in [6.45, 7) is 0.970. The van der Waals surface area contributed by atoms with Crippen LogP contribution in [0.1, 0.15) is 5.56 Å². The number of benzene rings is 1. The highest BCUT2D eigenvalue weighted by atomic mass is 32.2. The van der Waals surface area contributed by atoms with Crippen LogP contribution < -0.4 is 16.4 Å². The molecule has 0 aliphatic carbocycles. The fourth-order valence-corrected chi connectivity index (χ4v) is 2.13. The van der Waals surface area contributed by atoms with Crippen molar-refractivity contribution in [1.82, 2.24) is 16.4 Å². The molecule has 1 saturated heterocycles. The molecule has 3 N–H and O–H groups in total. The molecule has 1 aliphatic rings. The van der Waals surface area contributed by atoms with Gasteiger partial charge in [-0.25, -0.2) is 10.9 Å². The quantitative estimate of drug-likeness (QED) is 0.668. The first-order valence-corrected chi connectivity index (χ1v) is 5.39. The van der Waals surface area contributed by atoms with Crippen LogP contribution >= 0.6 is 11.8 Å². The van der Waals surface area contributed by atoms with Gasteiger partial charge >= 0.3 is 0 Å². The van der Waals surface area contributed by atoms with Crippen LogP contribution in [0.4, 0.5) is 0 Å². The molecule has 1 aromatic rings. The summed E-state index contributed by atoms with van der Waals surface area (Å²) >= 11 is 1.90. The monoisotopic (exact) mass is 195 g/mol. The van der Waals surface area contributed by atoms with Crippen LogP contribution in [-0.4, -0.2) is 11.9 Å². The van der Waals surface area contributed by atoms with E-state index in [9.17, 15) is 0 Å². The lowest BCUT2D eigenvalue weighted by molar-refractivity contribution is 0.587. The van der Waals surface area contributed by atoms with Crippen molar-refractivity contribution in [3.05, 3.63) is 35.9 Å². The Kier molecular flexibility index (Phi) is 3.21. The maximum absolute atomic E-state index is 3.13. The number of hydrazine groups is 2. The second-order valence-electron chi connectivity index (χ2n) is 2.94. The summed E-state index contributed by atoms with van der Waals surface area (Å²) in [5, 5.41) is 0.472. The lowest BCUT2D eigenvalue weighted by atomic mass is 10.2. The highest BCUT2D eigenvalue weighted by Gasteiger charge is 2.12. The first-order valence-electron chi connectivity index (χ1n) is 4.34. The van der Waals surface area contributed by atoms with Gasteiger partial charge in [0.2, 0.25) is 0 Å². The lowest BCUT2D eigenvalue weighted by Gasteiger charge is -2.07. The van der Waals surface area contributed by atoms with E-state index < -0.39 is 0 Å². The van der Waals surface area contributed by atoms with E-state index in [0.29, 0.717) is 5.37 Å². The zero-order valence-electron chi connectivity index (χ0n) is 7.29. The molecule has 4 heteroatoms. The molecule has 1 unspecified atom stereocenters. The van der Waals surface area contributed by atoms with E-state index in [0.717, 1.165) is 12.3 Å². The number of rotatable bonds is 3. The standard InChI is InChI=1S/C9H13N3S/c1-2-4-8(5-3-1)7-13-9-6-10-12-11-9/h1-5,9-12H,6-7H2. The Morgan fingerprint density at radius 1 is 1.31 bits per heavy atom. The van der Waals surface area contributed by atoms with Crippen LogP contribution in [0, 0.1) is 0 Å². The molecular weight excluding hydrogens is 182 g/mol. The van der Waals surface area contributed by atoms with E-state index in [2.05, 4.69) is 40.7 Å². The minimum Gasteiger partial charge on any atom is -0.242 e. The van der Waals surface area contributed by atoms with E-state index >= 15 is 0 Å². The Morgan fingerprint density at radius 3 is 2.85 bits per heavy atom. The minimum atomic E-state index is 0.472. The third-order valence-electron chi connectivity index (χ3n) is 1.90. The van der Waals surface area contributed by atoms with Crippen molar-refractivity contribution in [2.24, 2.45) is 0 Å². The predicted octanol–water partition coefficient (Wildman–Crippen LogP) is 0.858. The summed E-state index contributed by atoms with van der Waals surface area (Å²) < 4.78 is 0. The van der Waals surface area contributed by atoms with Crippen molar-refractivity contribution in [1.29, 1.82) is 0 Å². The average molecular weight is 195 g/mol. The molecule has 1 aliphatic heterocycles. The zero-order chi connectivity index (χ0) is 8.93. The van der Waals surface area contributed by atoms with Crippen molar-refractivity contribution in [2.75, 3.05) is 6.54 Å². The normalized spacial score (nSPS) is 22.0. The highest BCUT2D eigenvalue weighted by molar-refractivity contribution is 7.99. The van der Waals surface area contributed by atoms with Crippen LogP contribution in [-0.2, 0) is 5.75 Å². The molecule has 1 heterocycles. The van der Waals surface area contributed by atoms with Gasteiger partial charge in [-0.2, -0.15) is 5.53 Å². The smallest absolute Gasteiger partial charge is 0.0820 e. The molecule has 1 atom stereocenters. The van der Waals surface area contributed by atoms with Gasteiger partial charge in [-0.15, -0.1) is 11.8 Å². The molecule has 0 radical (unpaired) electrons. The molecule has 0 bridgehead atoms. The Bertz CT molecular complexity index is 246. The molecular formula is C9H13N3S. The summed E-state index contributed by atoms with van der Waals surface area (Å²) in [5.41, 5.74) is 10.4. The Labute approximate surface area is 82.2 Å². The predicted molar refractivity (Wildman–Crippen MR) is 55.8 cm³/mol. The van der Waals surface area contributed by atoms with E-state index in [1.54, 1.807) is 0 Å². The second-order valence-corrected chi connectivity index (χ2v) is 4.13. The van der Waals surface area contributed by atoms with Crippen LogP contribution in [0.25, 0.3) is 0 Å². The Hall–Kier alpha value is -0.550.